The summed E-state index contributed by atoms with van der Waals surface area (Å²) < 4.78 is 32.9. The van der Waals surface area contributed by atoms with Gasteiger partial charge in [-0.1, -0.05) is 23.8 Å². The van der Waals surface area contributed by atoms with Gasteiger partial charge in [0.15, 0.2) is 6.73 Å². The molecule has 1 aliphatic rings. The van der Waals surface area contributed by atoms with E-state index in [0.717, 1.165) is 23.9 Å². The van der Waals surface area contributed by atoms with Crippen LogP contribution in [-0.2, 0) is 21.5 Å². The number of aromatic nitrogens is 3. The smallest absolute Gasteiger partial charge is 0.339 e. The van der Waals surface area contributed by atoms with Gasteiger partial charge in [-0.15, -0.1) is 5.10 Å². The van der Waals surface area contributed by atoms with Gasteiger partial charge in [-0.2, -0.15) is 8.99 Å². The number of ether oxygens (including phenoxy) is 1. The summed E-state index contributed by atoms with van der Waals surface area (Å²) in [7, 11) is -3.57. The van der Waals surface area contributed by atoms with Crippen molar-refractivity contribution in [1.29, 1.82) is 0 Å². The zero-order valence-electron chi connectivity index (χ0n) is 16.1. The summed E-state index contributed by atoms with van der Waals surface area (Å²) in [6.45, 7) is 0.616. The van der Waals surface area contributed by atoms with Gasteiger partial charge >= 0.3 is 5.97 Å². The van der Waals surface area contributed by atoms with E-state index < -0.39 is 28.3 Å². The van der Waals surface area contributed by atoms with Crippen molar-refractivity contribution >= 4 is 26.9 Å². The number of esters is 1. The third-order valence-corrected chi connectivity index (χ3v) is 6.90. The fraction of sp³-hybridized carbons (Fsp3) is 0.300. The molecule has 0 unspecified atom stereocenters. The number of nitrogens with zero attached hydrogens (tertiary/aromatic N) is 4. The van der Waals surface area contributed by atoms with Gasteiger partial charge in [0.2, 0.25) is 10.0 Å². The molecule has 0 spiro atoms. The largest absolute Gasteiger partial charge is 0.439 e. The van der Waals surface area contributed by atoms with Crippen LogP contribution in [-0.4, -0.2) is 46.8 Å². The van der Waals surface area contributed by atoms with Gasteiger partial charge in [-0.25, -0.2) is 13.2 Å². The van der Waals surface area contributed by atoms with Crippen molar-refractivity contribution in [2.45, 2.75) is 30.9 Å². The summed E-state index contributed by atoms with van der Waals surface area (Å²) in [4.78, 5) is 24.8. The number of rotatable bonds is 5. The Bertz CT molecular complexity index is 1230. The Hall–Kier alpha value is -3.11. The summed E-state index contributed by atoms with van der Waals surface area (Å²) in [5.74, 6) is -0.696. The summed E-state index contributed by atoms with van der Waals surface area (Å²) in [6, 6.07) is 12.3. The topological polar surface area (TPSA) is 111 Å². The SMILES string of the molecule is O=C(OCn1nnc2ccccc2c1=O)c1ccc(S(=O)(=O)N2CCCCC2)cc1. The van der Waals surface area contributed by atoms with Crippen molar-refractivity contribution in [3.63, 3.8) is 0 Å². The fourth-order valence-electron chi connectivity index (χ4n) is 3.33. The number of piperidine rings is 1. The van der Waals surface area contributed by atoms with Gasteiger partial charge in [-0.3, -0.25) is 4.79 Å². The maximum absolute atomic E-state index is 12.7. The molecule has 30 heavy (non-hydrogen) atoms. The normalized spacial score (nSPS) is 15.2. The van der Waals surface area contributed by atoms with E-state index in [9.17, 15) is 18.0 Å². The van der Waals surface area contributed by atoms with Crippen molar-refractivity contribution in [2.24, 2.45) is 0 Å². The van der Waals surface area contributed by atoms with Crippen LogP contribution in [0, 0.1) is 0 Å². The lowest BCUT2D eigenvalue weighted by atomic mass is 10.2. The second-order valence-corrected chi connectivity index (χ2v) is 8.90. The van der Waals surface area contributed by atoms with Gasteiger partial charge in [0.25, 0.3) is 5.56 Å². The highest BCUT2D eigenvalue weighted by Crippen LogP contribution is 2.21. The molecule has 0 N–H and O–H groups in total. The van der Waals surface area contributed by atoms with E-state index in [-0.39, 0.29) is 10.5 Å². The van der Waals surface area contributed by atoms with Crippen LogP contribution in [0.15, 0.2) is 58.2 Å². The lowest BCUT2D eigenvalue weighted by Crippen LogP contribution is -2.35. The first-order valence-corrected chi connectivity index (χ1v) is 11.0. The molecular weight excluding hydrogens is 408 g/mol. The molecule has 0 amide bonds. The minimum Gasteiger partial charge on any atom is -0.439 e. The van der Waals surface area contributed by atoms with Crippen LogP contribution in [0.25, 0.3) is 10.9 Å². The van der Waals surface area contributed by atoms with Gasteiger partial charge in [0.05, 0.1) is 15.8 Å². The number of carbonyl (C=O) groups excluding carboxylic acids is 1. The van der Waals surface area contributed by atoms with Crippen molar-refractivity contribution in [2.75, 3.05) is 13.1 Å². The molecule has 4 rings (SSSR count). The van der Waals surface area contributed by atoms with Crippen LogP contribution < -0.4 is 5.56 Å². The second kappa shape index (κ2) is 8.33. The minimum absolute atomic E-state index is 0.137. The molecule has 9 nitrogen and oxygen atoms in total. The first-order chi connectivity index (χ1) is 14.5. The molecule has 0 bridgehead atoms. The van der Waals surface area contributed by atoms with E-state index in [2.05, 4.69) is 10.3 Å². The number of carbonyl (C=O) groups is 1. The Morgan fingerprint density at radius 3 is 2.43 bits per heavy atom. The molecule has 1 aliphatic heterocycles. The number of hydrogen-bond acceptors (Lipinski definition) is 7. The first-order valence-electron chi connectivity index (χ1n) is 9.57. The molecule has 0 aliphatic carbocycles. The van der Waals surface area contributed by atoms with Crippen LogP contribution >= 0.6 is 0 Å². The molecule has 10 heteroatoms. The Balaban J connectivity index is 1.45. The monoisotopic (exact) mass is 428 g/mol. The summed E-state index contributed by atoms with van der Waals surface area (Å²) >= 11 is 0. The zero-order valence-corrected chi connectivity index (χ0v) is 16.9. The predicted octanol–water partition coefficient (Wildman–Crippen LogP) is 1.78. The van der Waals surface area contributed by atoms with Crippen LogP contribution in [0.2, 0.25) is 0 Å². The standard InChI is InChI=1S/C20H20N4O5S/c25-19-17-6-2-3-7-18(17)21-22-24(19)14-29-20(26)15-8-10-16(11-9-15)30(27,28)23-12-4-1-5-13-23/h2-3,6-11H,1,4-5,12-14H2. The lowest BCUT2D eigenvalue weighted by molar-refractivity contribution is 0.0336. The lowest BCUT2D eigenvalue weighted by Gasteiger charge is -2.25. The third-order valence-electron chi connectivity index (χ3n) is 4.99. The first kappa shape index (κ1) is 20.2. The van der Waals surface area contributed by atoms with Crippen LogP contribution in [0.1, 0.15) is 29.6 Å². The molecule has 0 atom stereocenters. The molecule has 1 fully saturated rings. The predicted molar refractivity (Wildman–Crippen MR) is 108 cm³/mol. The van der Waals surface area contributed by atoms with Crippen LogP contribution in [0.4, 0.5) is 0 Å². The fourth-order valence-corrected chi connectivity index (χ4v) is 4.85. The van der Waals surface area contributed by atoms with E-state index in [1.54, 1.807) is 24.3 Å². The summed E-state index contributed by atoms with van der Waals surface area (Å²) in [6.07, 6.45) is 2.73. The maximum Gasteiger partial charge on any atom is 0.339 e. The number of sulfonamides is 1. The summed E-state index contributed by atoms with van der Waals surface area (Å²) in [5.41, 5.74) is 0.210. The average Bonchev–Trinajstić information content (AvgIpc) is 2.79. The number of hydrogen-bond donors (Lipinski definition) is 0. The Morgan fingerprint density at radius 1 is 1.00 bits per heavy atom. The van der Waals surface area contributed by atoms with Gasteiger partial charge < -0.3 is 4.74 Å². The molecule has 156 valence electrons. The minimum atomic E-state index is -3.57. The molecule has 1 aromatic heterocycles. The average molecular weight is 428 g/mol. The highest BCUT2D eigenvalue weighted by Gasteiger charge is 2.26. The van der Waals surface area contributed by atoms with Crippen molar-refractivity contribution in [1.82, 2.24) is 19.3 Å². The zero-order chi connectivity index (χ0) is 21.1. The van der Waals surface area contributed by atoms with E-state index in [4.69, 9.17) is 4.74 Å². The second-order valence-electron chi connectivity index (χ2n) is 6.96. The van der Waals surface area contributed by atoms with Crippen molar-refractivity contribution in [3.05, 3.63) is 64.4 Å². The highest BCUT2D eigenvalue weighted by atomic mass is 32.2. The van der Waals surface area contributed by atoms with Crippen molar-refractivity contribution < 1.29 is 17.9 Å². The molecule has 0 radical (unpaired) electrons. The quantitative estimate of drug-likeness (QED) is 0.570. The van der Waals surface area contributed by atoms with E-state index in [1.807, 2.05) is 0 Å². The molecule has 0 saturated carbocycles. The van der Waals surface area contributed by atoms with Gasteiger partial charge in [0.1, 0.15) is 5.52 Å². The van der Waals surface area contributed by atoms with E-state index in [1.165, 1.54) is 28.6 Å². The van der Waals surface area contributed by atoms with E-state index >= 15 is 0 Å². The molecular formula is C20H20N4O5S. The molecule has 1 saturated heterocycles. The number of fused-ring (bicyclic) bond motifs is 1. The Morgan fingerprint density at radius 2 is 1.70 bits per heavy atom. The Kier molecular flexibility index (Phi) is 5.60. The van der Waals surface area contributed by atoms with Crippen LogP contribution in [0.3, 0.4) is 0 Å². The maximum atomic E-state index is 12.7. The summed E-state index contributed by atoms with van der Waals surface area (Å²) in [5, 5.41) is 8.06. The molecule has 3 aromatic rings. The molecule has 2 aromatic carbocycles. The highest BCUT2D eigenvalue weighted by molar-refractivity contribution is 7.89. The Labute approximate surface area is 172 Å². The van der Waals surface area contributed by atoms with Crippen LogP contribution in [0.5, 0.6) is 0 Å². The molecule has 2 heterocycles. The third kappa shape index (κ3) is 3.96. The van der Waals surface area contributed by atoms with Gasteiger partial charge in [-0.05, 0) is 49.2 Å². The van der Waals surface area contributed by atoms with Crippen molar-refractivity contribution in [3.8, 4) is 0 Å². The van der Waals surface area contributed by atoms with Gasteiger partial charge in [0, 0.05) is 13.1 Å². The number of benzene rings is 2. The van der Waals surface area contributed by atoms with E-state index in [0.29, 0.717) is 24.0 Å².